The molecule has 2 aliphatic carbocycles. The minimum atomic E-state index is -0.799. The molecule has 1 N–H and O–H groups in total. The molecular formula is C14H16FNO2. The molecule has 1 fully saturated rings. The summed E-state index contributed by atoms with van der Waals surface area (Å²) in [6.45, 7) is 0.0608. The Labute approximate surface area is 105 Å². The average molecular weight is 249 g/mol. The van der Waals surface area contributed by atoms with Crippen LogP contribution in [0.3, 0.4) is 0 Å². The molecule has 1 aromatic carbocycles. The predicted molar refractivity (Wildman–Crippen MR) is 64.8 cm³/mol. The second kappa shape index (κ2) is 4.35. The highest BCUT2D eigenvalue weighted by atomic mass is 19.1. The highest BCUT2D eigenvalue weighted by Gasteiger charge is 2.38. The molecule has 1 saturated carbocycles. The quantitative estimate of drug-likeness (QED) is 0.890. The SMILES string of the molecule is O=C(O)CN(C1CC1)C1CCc2c(F)cccc21. The number of carboxylic acids is 1. The number of aliphatic carboxylic acids is 1. The molecule has 1 aromatic rings. The summed E-state index contributed by atoms with van der Waals surface area (Å²) >= 11 is 0. The highest BCUT2D eigenvalue weighted by molar-refractivity contribution is 5.69. The number of hydrogen-bond donors (Lipinski definition) is 1. The van der Waals surface area contributed by atoms with Gasteiger partial charge in [-0.05, 0) is 42.9 Å². The predicted octanol–water partition coefficient (Wildman–Crippen LogP) is 2.36. The van der Waals surface area contributed by atoms with E-state index < -0.39 is 5.97 Å². The van der Waals surface area contributed by atoms with Crippen molar-refractivity contribution in [1.82, 2.24) is 4.90 Å². The van der Waals surface area contributed by atoms with Gasteiger partial charge >= 0.3 is 5.97 Å². The van der Waals surface area contributed by atoms with E-state index in [2.05, 4.69) is 0 Å². The Bertz CT molecular complexity index is 485. The number of carbonyl (C=O) groups is 1. The van der Waals surface area contributed by atoms with Gasteiger partial charge in [-0.3, -0.25) is 9.69 Å². The standard InChI is InChI=1S/C14H16FNO2/c15-12-3-1-2-11-10(12)6-7-13(11)16(8-14(17)18)9-4-5-9/h1-3,9,13H,4-8H2,(H,17,18). The molecule has 0 aromatic heterocycles. The Hall–Kier alpha value is -1.42. The van der Waals surface area contributed by atoms with Gasteiger partial charge in [-0.1, -0.05) is 12.1 Å². The third-order valence-corrected chi connectivity index (χ3v) is 3.92. The first-order valence-corrected chi connectivity index (χ1v) is 6.41. The molecule has 0 amide bonds. The molecule has 0 spiro atoms. The number of fused-ring (bicyclic) bond motifs is 1. The van der Waals surface area contributed by atoms with E-state index in [4.69, 9.17) is 5.11 Å². The van der Waals surface area contributed by atoms with Crippen molar-refractivity contribution in [2.24, 2.45) is 0 Å². The lowest BCUT2D eigenvalue weighted by molar-refractivity contribution is -0.139. The van der Waals surface area contributed by atoms with Crippen LogP contribution in [0.4, 0.5) is 4.39 Å². The fraction of sp³-hybridized carbons (Fsp3) is 0.500. The van der Waals surface area contributed by atoms with Gasteiger partial charge in [-0.15, -0.1) is 0 Å². The van der Waals surface area contributed by atoms with Crippen molar-refractivity contribution in [3.63, 3.8) is 0 Å². The van der Waals surface area contributed by atoms with Crippen molar-refractivity contribution in [1.29, 1.82) is 0 Å². The molecule has 0 radical (unpaired) electrons. The Morgan fingerprint density at radius 1 is 1.39 bits per heavy atom. The number of halogens is 1. The molecule has 1 atom stereocenters. The minimum absolute atomic E-state index is 0.0608. The van der Waals surface area contributed by atoms with Crippen LogP contribution in [0.15, 0.2) is 18.2 Å². The molecule has 0 saturated heterocycles. The van der Waals surface area contributed by atoms with Crippen molar-refractivity contribution in [3.8, 4) is 0 Å². The Morgan fingerprint density at radius 2 is 2.17 bits per heavy atom. The summed E-state index contributed by atoms with van der Waals surface area (Å²) in [5.41, 5.74) is 1.77. The molecule has 2 aliphatic rings. The maximum Gasteiger partial charge on any atom is 0.317 e. The highest BCUT2D eigenvalue weighted by Crippen LogP contribution is 2.42. The summed E-state index contributed by atoms with van der Waals surface area (Å²) < 4.78 is 13.7. The summed E-state index contributed by atoms with van der Waals surface area (Å²) in [7, 11) is 0. The van der Waals surface area contributed by atoms with E-state index in [1.165, 1.54) is 6.07 Å². The van der Waals surface area contributed by atoms with Crippen LogP contribution in [0.5, 0.6) is 0 Å². The molecule has 0 aliphatic heterocycles. The third kappa shape index (κ3) is 2.01. The zero-order valence-electron chi connectivity index (χ0n) is 10.1. The fourth-order valence-corrected chi connectivity index (χ4v) is 2.99. The van der Waals surface area contributed by atoms with Gasteiger partial charge in [0.05, 0.1) is 6.54 Å². The molecule has 1 unspecified atom stereocenters. The Kier molecular flexibility index (Phi) is 2.82. The largest absolute Gasteiger partial charge is 0.480 e. The van der Waals surface area contributed by atoms with E-state index in [0.717, 1.165) is 36.8 Å². The first-order valence-electron chi connectivity index (χ1n) is 6.41. The van der Waals surface area contributed by atoms with Crippen molar-refractivity contribution in [2.75, 3.05) is 6.54 Å². The van der Waals surface area contributed by atoms with Gasteiger partial charge in [-0.2, -0.15) is 0 Å². The molecule has 3 nitrogen and oxygen atoms in total. The zero-order valence-corrected chi connectivity index (χ0v) is 10.1. The lowest BCUT2D eigenvalue weighted by Gasteiger charge is -2.27. The van der Waals surface area contributed by atoms with E-state index in [9.17, 15) is 9.18 Å². The van der Waals surface area contributed by atoms with E-state index >= 15 is 0 Å². The van der Waals surface area contributed by atoms with Gasteiger partial charge in [0.15, 0.2) is 0 Å². The van der Waals surface area contributed by atoms with Gasteiger partial charge in [0.25, 0.3) is 0 Å². The number of carboxylic acid groups (broad SMARTS) is 1. The first-order chi connectivity index (χ1) is 8.66. The van der Waals surface area contributed by atoms with Gasteiger partial charge in [0.1, 0.15) is 5.82 Å². The van der Waals surface area contributed by atoms with Gasteiger partial charge in [0, 0.05) is 12.1 Å². The molecule has 0 heterocycles. The fourth-order valence-electron chi connectivity index (χ4n) is 2.99. The molecule has 3 rings (SSSR count). The zero-order chi connectivity index (χ0) is 12.7. The van der Waals surface area contributed by atoms with Gasteiger partial charge in [0.2, 0.25) is 0 Å². The van der Waals surface area contributed by atoms with Crippen molar-refractivity contribution in [3.05, 3.63) is 35.1 Å². The molecule has 18 heavy (non-hydrogen) atoms. The second-order valence-corrected chi connectivity index (χ2v) is 5.16. The summed E-state index contributed by atoms with van der Waals surface area (Å²) in [6, 6.07) is 5.60. The molecular weight excluding hydrogens is 233 g/mol. The molecule has 0 bridgehead atoms. The van der Waals surface area contributed by atoms with Crippen LogP contribution in [0.1, 0.15) is 36.4 Å². The Balaban J connectivity index is 1.89. The monoisotopic (exact) mass is 249 g/mol. The molecule has 4 heteroatoms. The van der Waals surface area contributed by atoms with E-state index in [0.29, 0.717) is 6.04 Å². The van der Waals surface area contributed by atoms with E-state index in [1.807, 2.05) is 11.0 Å². The van der Waals surface area contributed by atoms with Crippen molar-refractivity contribution >= 4 is 5.97 Å². The van der Waals surface area contributed by atoms with Crippen LogP contribution in [0, 0.1) is 5.82 Å². The van der Waals surface area contributed by atoms with Crippen LogP contribution >= 0.6 is 0 Å². The van der Waals surface area contributed by atoms with Crippen LogP contribution in [-0.2, 0) is 11.2 Å². The topological polar surface area (TPSA) is 40.5 Å². The average Bonchev–Trinajstić information content (AvgIpc) is 3.06. The summed E-state index contributed by atoms with van der Waals surface area (Å²) in [6.07, 6.45) is 3.68. The summed E-state index contributed by atoms with van der Waals surface area (Å²) in [4.78, 5) is 13.0. The number of nitrogens with zero attached hydrogens (tertiary/aromatic N) is 1. The van der Waals surface area contributed by atoms with Gasteiger partial charge in [-0.25, -0.2) is 4.39 Å². The third-order valence-electron chi connectivity index (χ3n) is 3.92. The normalized spacial score (nSPS) is 22.2. The minimum Gasteiger partial charge on any atom is -0.480 e. The summed E-state index contributed by atoms with van der Waals surface area (Å²) in [5.74, 6) is -0.951. The van der Waals surface area contributed by atoms with Crippen molar-refractivity contribution < 1.29 is 14.3 Å². The van der Waals surface area contributed by atoms with Crippen LogP contribution in [0.2, 0.25) is 0 Å². The van der Waals surface area contributed by atoms with E-state index in [1.54, 1.807) is 6.07 Å². The maximum absolute atomic E-state index is 13.7. The first kappa shape index (κ1) is 11.7. The lowest BCUT2D eigenvalue weighted by Crippen LogP contribution is -2.34. The van der Waals surface area contributed by atoms with Crippen LogP contribution in [-0.4, -0.2) is 28.6 Å². The van der Waals surface area contributed by atoms with Crippen LogP contribution in [0.25, 0.3) is 0 Å². The smallest absolute Gasteiger partial charge is 0.317 e. The Morgan fingerprint density at radius 3 is 2.83 bits per heavy atom. The van der Waals surface area contributed by atoms with E-state index in [-0.39, 0.29) is 18.4 Å². The molecule has 96 valence electrons. The maximum atomic E-state index is 13.7. The van der Waals surface area contributed by atoms with Crippen molar-refractivity contribution in [2.45, 2.75) is 37.8 Å². The second-order valence-electron chi connectivity index (χ2n) is 5.16. The lowest BCUT2D eigenvalue weighted by atomic mass is 10.1. The van der Waals surface area contributed by atoms with Gasteiger partial charge < -0.3 is 5.11 Å². The number of rotatable bonds is 4. The van der Waals surface area contributed by atoms with Crippen LogP contribution < -0.4 is 0 Å². The number of hydrogen-bond acceptors (Lipinski definition) is 2. The number of benzene rings is 1. The summed E-state index contributed by atoms with van der Waals surface area (Å²) in [5, 5.41) is 9.01.